The molecule has 1 aliphatic heterocycles. The van der Waals surface area contributed by atoms with Gasteiger partial charge in [-0.15, -0.1) is 11.8 Å². The molecule has 0 aromatic rings. The summed E-state index contributed by atoms with van der Waals surface area (Å²) in [4.78, 5) is 0. The van der Waals surface area contributed by atoms with Crippen molar-refractivity contribution in [2.75, 3.05) is 13.2 Å². The van der Waals surface area contributed by atoms with Crippen LogP contribution in [0.5, 0.6) is 0 Å². The molecule has 0 N–H and O–H groups in total. The Hall–Kier alpha value is -0.160. The summed E-state index contributed by atoms with van der Waals surface area (Å²) in [7, 11) is -4.43. The number of thioether (sulfide) groups is 1. The van der Waals surface area contributed by atoms with Crippen molar-refractivity contribution in [3.63, 3.8) is 0 Å². The molecule has 0 radical (unpaired) electrons. The van der Waals surface area contributed by atoms with Gasteiger partial charge in [-0.1, -0.05) is 18.2 Å². The molecule has 0 spiro atoms. The van der Waals surface area contributed by atoms with E-state index in [1.54, 1.807) is 6.08 Å². The highest BCUT2D eigenvalue weighted by Crippen LogP contribution is 2.65. The lowest BCUT2D eigenvalue weighted by Gasteiger charge is -2.30. The lowest BCUT2D eigenvalue weighted by atomic mass is 10.3. The van der Waals surface area contributed by atoms with Gasteiger partial charge in [0.2, 0.25) is 0 Å². The smallest absolute Gasteiger partial charge is 0.305 e. The maximum atomic E-state index is 14.1. The minimum absolute atomic E-state index is 0.0796. The quantitative estimate of drug-likeness (QED) is 0.690. The van der Waals surface area contributed by atoms with Gasteiger partial charge in [0.15, 0.2) is 0 Å². The maximum absolute atomic E-state index is 14.1. The van der Waals surface area contributed by atoms with Gasteiger partial charge in [0, 0.05) is 0 Å². The van der Waals surface area contributed by atoms with Gasteiger partial charge in [0.25, 0.3) is 0 Å². The van der Waals surface area contributed by atoms with E-state index in [2.05, 4.69) is 0 Å². The molecule has 0 bridgehead atoms. The van der Waals surface area contributed by atoms with E-state index in [0.29, 0.717) is 0 Å². The summed E-state index contributed by atoms with van der Waals surface area (Å²) in [6, 6.07) is 0. The fourth-order valence-electron chi connectivity index (χ4n) is 1.29. The number of hydrogen-bond donors (Lipinski definition) is 0. The van der Waals surface area contributed by atoms with Crippen LogP contribution in [0.3, 0.4) is 0 Å². The maximum Gasteiger partial charge on any atom is 0.401 e. The molecule has 1 aliphatic rings. The highest BCUT2D eigenvalue weighted by atomic mass is 32.2. The number of rotatable bonds is 6. The molecule has 98 valence electrons. The zero-order valence-corrected chi connectivity index (χ0v) is 11.3. The van der Waals surface area contributed by atoms with Crippen LogP contribution in [0.1, 0.15) is 13.8 Å². The Morgan fingerprint density at radius 2 is 1.88 bits per heavy atom. The fraction of sp³-hybridized carbons (Fsp3) is 0.600. The van der Waals surface area contributed by atoms with Crippen molar-refractivity contribution in [2.24, 2.45) is 0 Å². The van der Waals surface area contributed by atoms with Crippen molar-refractivity contribution in [1.29, 1.82) is 0 Å². The molecule has 1 heterocycles. The van der Waals surface area contributed by atoms with Gasteiger partial charge < -0.3 is 9.05 Å². The van der Waals surface area contributed by atoms with Crippen LogP contribution in [0.15, 0.2) is 23.6 Å². The Labute approximate surface area is 104 Å². The second-order valence-electron chi connectivity index (χ2n) is 3.19. The van der Waals surface area contributed by atoms with E-state index in [0.717, 1.165) is 11.8 Å². The summed E-state index contributed by atoms with van der Waals surface area (Å²) in [6.07, 6.45) is 4.44. The molecule has 0 aliphatic carbocycles. The number of halogens is 2. The lowest BCUT2D eigenvalue weighted by Crippen LogP contribution is -2.31. The van der Waals surface area contributed by atoms with E-state index in [-0.39, 0.29) is 13.2 Å². The number of allylic oxidation sites excluding steroid dienone is 2. The summed E-state index contributed by atoms with van der Waals surface area (Å²) in [5.41, 5.74) is -3.54. The van der Waals surface area contributed by atoms with Crippen LogP contribution in [0.4, 0.5) is 8.78 Å². The van der Waals surface area contributed by atoms with E-state index >= 15 is 0 Å². The second kappa shape index (κ2) is 6.14. The Morgan fingerprint density at radius 3 is 2.29 bits per heavy atom. The van der Waals surface area contributed by atoms with Crippen LogP contribution in [0, 0.1) is 0 Å². The van der Waals surface area contributed by atoms with Crippen LogP contribution >= 0.6 is 19.4 Å². The first-order chi connectivity index (χ1) is 7.98. The first-order valence-electron chi connectivity index (χ1n) is 5.23. The molecule has 0 saturated carbocycles. The first kappa shape index (κ1) is 14.9. The molecule has 3 nitrogen and oxygen atoms in total. The van der Waals surface area contributed by atoms with Gasteiger partial charge in [-0.3, -0.25) is 4.57 Å². The van der Waals surface area contributed by atoms with Crippen molar-refractivity contribution in [3.8, 4) is 0 Å². The molecule has 0 fully saturated rings. The van der Waals surface area contributed by atoms with Crippen LogP contribution in [0.2, 0.25) is 0 Å². The van der Waals surface area contributed by atoms with Crippen molar-refractivity contribution in [2.45, 2.75) is 24.8 Å². The molecule has 0 aromatic carbocycles. The third kappa shape index (κ3) is 3.19. The lowest BCUT2D eigenvalue weighted by molar-refractivity contribution is 0.0460. The molecular weight excluding hydrogens is 269 g/mol. The topological polar surface area (TPSA) is 35.5 Å². The molecule has 1 rings (SSSR count). The largest absolute Gasteiger partial charge is 0.401 e. The van der Waals surface area contributed by atoms with Crippen LogP contribution in [0.25, 0.3) is 0 Å². The van der Waals surface area contributed by atoms with Gasteiger partial charge in [-0.2, -0.15) is 8.78 Å². The van der Waals surface area contributed by atoms with E-state index in [9.17, 15) is 13.3 Å². The highest BCUT2D eigenvalue weighted by Gasteiger charge is 2.58. The predicted octanol–water partition coefficient (Wildman–Crippen LogP) is 4.03. The van der Waals surface area contributed by atoms with Crippen molar-refractivity contribution < 1.29 is 22.4 Å². The number of hydrogen-bond acceptors (Lipinski definition) is 4. The summed E-state index contributed by atoms with van der Waals surface area (Å²) in [5, 5.41) is 0.303. The van der Waals surface area contributed by atoms with E-state index in [1.807, 2.05) is 0 Å². The van der Waals surface area contributed by atoms with Crippen molar-refractivity contribution >= 4 is 19.4 Å². The molecule has 0 amide bonds. The highest BCUT2D eigenvalue weighted by molar-refractivity contribution is 8.03. The summed E-state index contributed by atoms with van der Waals surface area (Å²) < 4.78 is 49.7. The molecule has 17 heavy (non-hydrogen) atoms. The Morgan fingerprint density at radius 1 is 1.29 bits per heavy atom. The molecular formula is C10H15F2O3PS. The van der Waals surface area contributed by atoms with Crippen molar-refractivity contribution in [1.82, 2.24) is 0 Å². The average molecular weight is 284 g/mol. The number of alkyl halides is 2. The van der Waals surface area contributed by atoms with Gasteiger partial charge in [0.05, 0.1) is 13.2 Å². The summed E-state index contributed by atoms with van der Waals surface area (Å²) in [5.74, 6) is 0. The standard InChI is InChI=1S/C10H15F2O3PS/c1-3-14-16(13,15-4-2)10(11,12)9-7-5-6-8-17-9/h5-9H,3-4H2,1-2H3. The van der Waals surface area contributed by atoms with E-state index < -0.39 is 18.5 Å². The molecule has 0 aromatic heterocycles. The molecule has 1 atom stereocenters. The zero-order chi connectivity index (χ0) is 12.9. The minimum atomic E-state index is -4.43. The Kier molecular flexibility index (Phi) is 5.38. The third-order valence-electron chi connectivity index (χ3n) is 2.01. The fourth-order valence-corrected chi connectivity index (χ4v) is 4.05. The average Bonchev–Trinajstić information content (AvgIpc) is 2.30. The van der Waals surface area contributed by atoms with E-state index in [4.69, 9.17) is 9.05 Å². The minimum Gasteiger partial charge on any atom is -0.305 e. The van der Waals surface area contributed by atoms with Crippen LogP contribution < -0.4 is 0 Å². The predicted molar refractivity (Wildman–Crippen MR) is 65.5 cm³/mol. The van der Waals surface area contributed by atoms with Gasteiger partial charge in [0.1, 0.15) is 5.25 Å². The van der Waals surface area contributed by atoms with Crippen molar-refractivity contribution in [3.05, 3.63) is 23.6 Å². The normalized spacial score (nSPS) is 20.8. The molecule has 0 saturated heterocycles. The van der Waals surface area contributed by atoms with Crippen LogP contribution in [-0.4, -0.2) is 24.1 Å². The first-order valence-corrected chi connectivity index (χ1v) is 7.72. The molecule has 7 heteroatoms. The second-order valence-corrected chi connectivity index (χ2v) is 6.35. The monoisotopic (exact) mass is 284 g/mol. The van der Waals surface area contributed by atoms with E-state index in [1.165, 1.54) is 31.4 Å². The van der Waals surface area contributed by atoms with Gasteiger partial charge in [-0.25, -0.2) is 0 Å². The SMILES string of the molecule is CCOP(=O)(OCC)C(F)(F)C1C=CC=CS1. The summed E-state index contributed by atoms with van der Waals surface area (Å²) >= 11 is 0.899. The molecule has 1 unspecified atom stereocenters. The summed E-state index contributed by atoms with van der Waals surface area (Å²) in [6.45, 7) is 2.85. The Bertz CT molecular complexity index is 347. The Balaban J connectivity index is 2.94. The zero-order valence-electron chi connectivity index (χ0n) is 9.64. The van der Waals surface area contributed by atoms with Crippen LogP contribution in [-0.2, 0) is 13.6 Å². The van der Waals surface area contributed by atoms with Gasteiger partial charge >= 0.3 is 13.3 Å². The van der Waals surface area contributed by atoms with Gasteiger partial charge in [-0.05, 0) is 19.3 Å². The third-order valence-corrected chi connectivity index (χ3v) is 5.45.